The van der Waals surface area contributed by atoms with E-state index < -0.39 is 0 Å². The molecule has 1 aromatic rings. The number of nitrogens with one attached hydrogen (secondary N) is 1. The van der Waals surface area contributed by atoms with Crippen molar-refractivity contribution in [2.75, 3.05) is 6.61 Å². The zero-order valence-electron chi connectivity index (χ0n) is 11.3. The lowest BCUT2D eigenvalue weighted by Crippen LogP contribution is -2.32. The number of aliphatic hydroxyl groups is 1. The highest BCUT2D eigenvalue weighted by Gasteiger charge is 2.07. The van der Waals surface area contributed by atoms with Gasteiger partial charge in [-0.1, -0.05) is 24.3 Å². The van der Waals surface area contributed by atoms with Crippen molar-refractivity contribution in [3.8, 4) is 0 Å². The first kappa shape index (κ1) is 14.7. The van der Waals surface area contributed by atoms with Gasteiger partial charge in [-0.05, 0) is 44.2 Å². The Hall–Kier alpha value is -1.35. The van der Waals surface area contributed by atoms with Gasteiger partial charge in [-0.3, -0.25) is 4.79 Å². The van der Waals surface area contributed by atoms with Crippen LogP contribution in [0.25, 0.3) is 0 Å². The van der Waals surface area contributed by atoms with Crippen LogP contribution in [0.3, 0.4) is 0 Å². The van der Waals surface area contributed by atoms with Crippen LogP contribution in [0.4, 0.5) is 0 Å². The normalized spacial score (nSPS) is 12.2. The van der Waals surface area contributed by atoms with E-state index in [0.717, 1.165) is 19.3 Å². The van der Waals surface area contributed by atoms with Gasteiger partial charge in [-0.25, -0.2) is 0 Å². The molecular weight excluding hydrogens is 226 g/mol. The summed E-state index contributed by atoms with van der Waals surface area (Å²) in [6.45, 7) is 4.22. The molecule has 0 heterocycles. The second kappa shape index (κ2) is 7.88. The molecule has 0 aliphatic rings. The van der Waals surface area contributed by atoms with E-state index in [1.165, 1.54) is 11.1 Å². The molecule has 0 bridgehead atoms. The molecule has 0 saturated heterocycles. The monoisotopic (exact) mass is 249 g/mol. The largest absolute Gasteiger partial charge is 0.396 e. The third kappa shape index (κ3) is 5.32. The van der Waals surface area contributed by atoms with Crippen molar-refractivity contribution in [2.24, 2.45) is 0 Å². The Balaban J connectivity index is 2.31. The zero-order valence-corrected chi connectivity index (χ0v) is 11.3. The number of amides is 1. The molecule has 3 heteroatoms. The average molecular weight is 249 g/mol. The van der Waals surface area contributed by atoms with Gasteiger partial charge in [0.1, 0.15) is 0 Å². The first-order valence-corrected chi connectivity index (χ1v) is 6.58. The molecule has 0 aliphatic heterocycles. The molecule has 0 spiro atoms. The molecule has 2 N–H and O–H groups in total. The lowest BCUT2D eigenvalue weighted by atomic mass is 10.0. The van der Waals surface area contributed by atoms with Crippen LogP contribution in [0.5, 0.6) is 0 Å². The summed E-state index contributed by atoms with van der Waals surface area (Å²) in [6, 6.07) is 8.29. The molecule has 1 atom stereocenters. The average Bonchev–Trinajstić information content (AvgIpc) is 2.35. The molecule has 1 rings (SSSR count). The molecule has 0 aromatic heterocycles. The predicted molar refractivity (Wildman–Crippen MR) is 73.4 cm³/mol. The smallest absolute Gasteiger partial charge is 0.220 e. The number of hydrogen-bond acceptors (Lipinski definition) is 2. The van der Waals surface area contributed by atoms with E-state index >= 15 is 0 Å². The summed E-state index contributed by atoms with van der Waals surface area (Å²) in [4.78, 5) is 11.7. The van der Waals surface area contributed by atoms with E-state index in [-0.39, 0.29) is 18.6 Å². The van der Waals surface area contributed by atoms with E-state index in [9.17, 15) is 4.79 Å². The molecule has 1 amide bonds. The van der Waals surface area contributed by atoms with E-state index in [4.69, 9.17) is 5.11 Å². The number of benzene rings is 1. The third-order valence-corrected chi connectivity index (χ3v) is 3.09. The summed E-state index contributed by atoms with van der Waals surface area (Å²) in [5.41, 5.74) is 2.47. The quantitative estimate of drug-likeness (QED) is 0.778. The van der Waals surface area contributed by atoms with Crippen molar-refractivity contribution < 1.29 is 9.90 Å². The third-order valence-electron chi connectivity index (χ3n) is 3.09. The van der Waals surface area contributed by atoms with Crippen molar-refractivity contribution in [2.45, 2.75) is 45.6 Å². The van der Waals surface area contributed by atoms with E-state index in [2.05, 4.69) is 24.4 Å². The molecule has 0 fully saturated rings. The maximum absolute atomic E-state index is 11.7. The number of rotatable bonds is 7. The van der Waals surface area contributed by atoms with E-state index in [1.54, 1.807) is 0 Å². The lowest BCUT2D eigenvalue weighted by Gasteiger charge is -2.13. The maximum atomic E-state index is 11.7. The minimum atomic E-state index is 0.0868. The SMILES string of the molecule is Cc1ccccc1CCC(=O)NC(C)CCCO. The number of aryl methyl sites for hydroxylation is 2. The minimum Gasteiger partial charge on any atom is -0.396 e. The van der Waals surface area contributed by atoms with Gasteiger partial charge in [0.25, 0.3) is 0 Å². The van der Waals surface area contributed by atoms with Crippen molar-refractivity contribution in [1.82, 2.24) is 5.32 Å². The summed E-state index contributed by atoms with van der Waals surface area (Å²) in [6.07, 6.45) is 2.87. The van der Waals surface area contributed by atoms with Crippen LogP contribution in [0.1, 0.15) is 37.3 Å². The maximum Gasteiger partial charge on any atom is 0.220 e. The van der Waals surface area contributed by atoms with Crippen LogP contribution in [-0.4, -0.2) is 23.7 Å². The Kier molecular flexibility index (Phi) is 6.44. The van der Waals surface area contributed by atoms with Crippen molar-refractivity contribution >= 4 is 5.91 Å². The van der Waals surface area contributed by atoms with Gasteiger partial charge in [-0.15, -0.1) is 0 Å². The zero-order chi connectivity index (χ0) is 13.4. The topological polar surface area (TPSA) is 49.3 Å². The van der Waals surface area contributed by atoms with Crippen LogP contribution >= 0.6 is 0 Å². The molecule has 100 valence electrons. The fourth-order valence-corrected chi connectivity index (χ4v) is 1.96. The van der Waals surface area contributed by atoms with Crippen molar-refractivity contribution in [3.05, 3.63) is 35.4 Å². The summed E-state index contributed by atoms with van der Waals surface area (Å²) >= 11 is 0. The fraction of sp³-hybridized carbons (Fsp3) is 0.533. The lowest BCUT2D eigenvalue weighted by molar-refractivity contribution is -0.121. The number of aliphatic hydroxyl groups excluding tert-OH is 1. The highest BCUT2D eigenvalue weighted by atomic mass is 16.2. The Morgan fingerprint density at radius 1 is 1.39 bits per heavy atom. The Morgan fingerprint density at radius 2 is 2.11 bits per heavy atom. The van der Waals surface area contributed by atoms with Gasteiger partial charge in [-0.2, -0.15) is 0 Å². The molecule has 1 unspecified atom stereocenters. The molecular formula is C15H23NO2. The van der Waals surface area contributed by atoms with Gasteiger partial charge in [0.05, 0.1) is 0 Å². The van der Waals surface area contributed by atoms with Crippen LogP contribution in [0.15, 0.2) is 24.3 Å². The number of hydrogen-bond donors (Lipinski definition) is 2. The van der Waals surface area contributed by atoms with E-state index in [1.807, 2.05) is 19.1 Å². The highest BCUT2D eigenvalue weighted by Crippen LogP contribution is 2.09. The van der Waals surface area contributed by atoms with E-state index in [0.29, 0.717) is 6.42 Å². The van der Waals surface area contributed by atoms with Gasteiger partial charge in [0, 0.05) is 19.1 Å². The Morgan fingerprint density at radius 3 is 2.78 bits per heavy atom. The molecule has 1 aromatic carbocycles. The second-order valence-electron chi connectivity index (χ2n) is 4.76. The standard InChI is InChI=1S/C15H23NO2/c1-12-6-3-4-8-14(12)9-10-15(18)16-13(2)7-5-11-17/h3-4,6,8,13,17H,5,7,9-11H2,1-2H3,(H,16,18). The minimum absolute atomic E-state index is 0.0868. The Labute approximate surface area is 109 Å². The number of carbonyl (C=O) groups is 1. The van der Waals surface area contributed by atoms with Gasteiger partial charge < -0.3 is 10.4 Å². The first-order chi connectivity index (χ1) is 8.63. The molecule has 0 radical (unpaired) electrons. The molecule has 0 saturated carbocycles. The van der Waals surface area contributed by atoms with Crippen molar-refractivity contribution in [3.63, 3.8) is 0 Å². The summed E-state index contributed by atoms with van der Waals surface area (Å²) in [7, 11) is 0. The van der Waals surface area contributed by atoms with Crippen LogP contribution < -0.4 is 5.32 Å². The van der Waals surface area contributed by atoms with Crippen molar-refractivity contribution in [1.29, 1.82) is 0 Å². The molecule has 0 aliphatic carbocycles. The van der Waals surface area contributed by atoms with Gasteiger partial charge in [0.2, 0.25) is 5.91 Å². The van der Waals surface area contributed by atoms with Crippen LogP contribution in [0, 0.1) is 6.92 Å². The van der Waals surface area contributed by atoms with Crippen LogP contribution in [-0.2, 0) is 11.2 Å². The summed E-state index contributed by atoms with van der Waals surface area (Å²) in [5, 5.41) is 11.7. The summed E-state index contributed by atoms with van der Waals surface area (Å²) in [5.74, 6) is 0.0868. The first-order valence-electron chi connectivity index (χ1n) is 6.58. The fourth-order valence-electron chi connectivity index (χ4n) is 1.96. The second-order valence-corrected chi connectivity index (χ2v) is 4.76. The van der Waals surface area contributed by atoms with Gasteiger partial charge >= 0.3 is 0 Å². The van der Waals surface area contributed by atoms with Gasteiger partial charge in [0.15, 0.2) is 0 Å². The summed E-state index contributed by atoms with van der Waals surface area (Å²) < 4.78 is 0. The van der Waals surface area contributed by atoms with Crippen LogP contribution in [0.2, 0.25) is 0 Å². The number of carbonyl (C=O) groups excluding carboxylic acids is 1. The molecule has 3 nitrogen and oxygen atoms in total. The highest BCUT2D eigenvalue weighted by molar-refractivity contribution is 5.76. The predicted octanol–water partition coefficient (Wildman–Crippen LogP) is 2.20. The Bertz CT molecular complexity index is 377. The molecule has 18 heavy (non-hydrogen) atoms.